The summed E-state index contributed by atoms with van der Waals surface area (Å²) in [5.74, 6) is -1.90. The van der Waals surface area contributed by atoms with Crippen LogP contribution < -0.4 is 5.73 Å². The lowest BCUT2D eigenvalue weighted by molar-refractivity contribution is 0.0691. The van der Waals surface area contributed by atoms with Crippen LogP contribution >= 0.6 is 0 Å². The maximum absolute atomic E-state index is 11.3. The Bertz CT molecular complexity index is 624. The van der Waals surface area contributed by atoms with Crippen LogP contribution in [0, 0.1) is 0 Å². The van der Waals surface area contributed by atoms with Crippen molar-refractivity contribution in [2.24, 2.45) is 5.73 Å². The second kappa shape index (κ2) is 5.30. The number of carboxylic acids is 1. The topological polar surface area (TPSA) is 93.3 Å². The molecule has 0 spiro atoms. The van der Waals surface area contributed by atoms with Gasteiger partial charge in [0.15, 0.2) is 0 Å². The number of pyridine rings is 1. The quantitative estimate of drug-likeness (QED) is 0.866. The van der Waals surface area contributed by atoms with Crippen LogP contribution in [0.4, 0.5) is 0 Å². The lowest BCUT2D eigenvalue weighted by Crippen LogP contribution is -2.18. The molecule has 96 valence electrons. The van der Waals surface area contributed by atoms with E-state index in [1.807, 2.05) is 0 Å². The Morgan fingerprint density at radius 1 is 1.16 bits per heavy atom. The summed E-state index contributed by atoms with van der Waals surface area (Å²) in [6, 6.07) is 8.31. The lowest BCUT2D eigenvalue weighted by atomic mass is 9.96. The van der Waals surface area contributed by atoms with Crippen molar-refractivity contribution in [1.29, 1.82) is 0 Å². The second-order valence-corrected chi connectivity index (χ2v) is 4.04. The Labute approximate surface area is 109 Å². The standard InChI is InChI=1S/C14H12N2O3/c15-13(17)11-3-1-2-10(12(11)14(18)19)8-9-4-6-16-7-5-9/h1-7H,8H2,(H2,15,17)(H,18,19). The Morgan fingerprint density at radius 3 is 2.42 bits per heavy atom. The number of aromatic carboxylic acids is 1. The van der Waals surface area contributed by atoms with E-state index in [9.17, 15) is 14.7 Å². The summed E-state index contributed by atoms with van der Waals surface area (Å²) < 4.78 is 0. The molecule has 1 amide bonds. The number of hydrogen-bond donors (Lipinski definition) is 2. The van der Waals surface area contributed by atoms with Crippen LogP contribution in [0.5, 0.6) is 0 Å². The first-order valence-corrected chi connectivity index (χ1v) is 5.63. The maximum Gasteiger partial charge on any atom is 0.336 e. The van der Waals surface area contributed by atoms with Crippen LogP contribution in [-0.4, -0.2) is 22.0 Å². The summed E-state index contributed by atoms with van der Waals surface area (Å²) in [5.41, 5.74) is 6.66. The van der Waals surface area contributed by atoms with E-state index >= 15 is 0 Å². The summed E-state index contributed by atoms with van der Waals surface area (Å²) in [7, 11) is 0. The molecule has 2 aromatic rings. The van der Waals surface area contributed by atoms with Crippen molar-refractivity contribution >= 4 is 11.9 Å². The van der Waals surface area contributed by atoms with Gasteiger partial charge in [0.1, 0.15) is 0 Å². The van der Waals surface area contributed by atoms with Gasteiger partial charge in [-0.15, -0.1) is 0 Å². The van der Waals surface area contributed by atoms with Crippen LogP contribution in [0.25, 0.3) is 0 Å². The number of rotatable bonds is 4. The molecular weight excluding hydrogens is 244 g/mol. The normalized spacial score (nSPS) is 10.1. The molecule has 19 heavy (non-hydrogen) atoms. The Morgan fingerprint density at radius 2 is 1.84 bits per heavy atom. The molecule has 0 atom stereocenters. The van der Waals surface area contributed by atoms with Crippen molar-refractivity contribution in [3.8, 4) is 0 Å². The van der Waals surface area contributed by atoms with Crippen molar-refractivity contribution in [2.45, 2.75) is 6.42 Å². The number of nitrogens with zero attached hydrogens (tertiary/aromatic N) is 1. The molecule has 0 aliphatic heterocycles. The number of carboxylic acid groups (broad SMARTS) is 1. The number of carbonyl (C=O) groups is 2. The number of carbonyl (C=O) groups excluding carboxylic acids is 1. The highest BCUT2D eigenvalue weighted by atomic mass is 16.4. The Kier molecular flexibility index (Phi) is 3.56. The SMILES string of the molecule is NC(=O)c1cccc(Cc2ccncc2)c1C(=O)O. The van der Waals surface area contributed by atoms with Crippen LogP contribution in [0.3, 0.4) is 0 Å². The maximum atomic E-state index is 11.3. The fourth-order valence-corrected chi connectivity index (χ4v) is 1.93. The van der Waals surface area contributed by atoms with Crippen LogP contribution in [0.2, 0.25) is 0 Å². The first-order chi connectivity index (χ1) is 9.09. The predicted molar refractivity (Wildman–Crippen MR) is 69.0 cm³/mol. The number of hydrogen-bond acceptors (Lipinski definition) is 3. The highest BCUT2D eigenvalue weighted by Gasteiger charge is 2.18. The van der Waals surface area contributed by atoms with Gasteiger partial charge in [-0.05, 0) is 35.7 Å². The van der Waals surface area contributed by atoms with E-state index in [2.05, 4.69) is 4.98 Å². The van der Waals surface area contributed by atoms with Gasteiger partial charge in [0.25, 0.3) is 0 Å². The summed E-state index contributed by atoms with van der Waals surface area (Å²) in [6.07, 6.45) is 3.67. The van der Waals surface area contributed by atoms with Gasteiger partial charge in [0.2, 0.25) is 5.91 Å². The number of benzene rings is 1. The average molecular weight is 256 g/mol. The fraction of sp³-hybridized carbons (Fsp3) is 0.0714. The third-order valence-corrected chi connectivity index (χ3v) is 2.77. The molecule has 2 rings (SSSR count). The molecule has 0 fully saturated rings. The third-order valence-electron chi connectivity index (χ3n) is 2.77. The minimum atomic E-state index is -1.15. The van der Waals surface area contributed by atoms with Crippen molar-refractivity contribution in [3.05, 3.63) is 65.0 Å². The van der Waals surface area contributed by atoms with Crippen molar-refractivity contribution in [2.75, 3.05) is 0 Å². The molecule has 0 bridgehead atoms. The summed E-state index contributed by atoms with van der Waals surface area (Å²) in [4.78, 5) is 26.5. The second-order valence-electron chi connectivity index (χ2n) is 4.04. The molecule has 1 heterocycles. The molecule has 0 unspecified atom stereocenters. The summed E-state index contributed by atoms with van der Waals surface area (Å²) in [5, 5.41) is 9.25. The van der Waals surface area contributed by atoms with Crippen molar-refractivity contribution in [3.63, 3.8) is 0 Å². The van der Waals surface area contributed by atoms with E-state index in [1.165, 1.54) is 6.07 Å². The van der Waals surface area contributed by atoms with Crippen molar-refractivity contribution in [1.82, 2.24) is 4.98 Å². The first kappa shape index (κ1) is 12.8. The number of primary amides is 1. The molecule has 1 aromatic heterocycles. The fourth-order valence-electron chi connectivity index (χ4n) is 1.93. The Hall–Kier alpha value is -2.69. The van der Waals surface area contributed by atoms with E-state index in [4.69, 9.17) is 5.73 Å². The average Bonchev–Trinajstić information content (AvgIpc) is 2.39. The lowest BCUT2D eigenvalue weighted by Gasteiger charge is -2.09. The monoisotopic (exact) mass is 256 g/mol. The number of aromatic nitrogens is 1. The molecule has 0 saturated heterocycles. The van der Waals surface area contributed by atoms with E-state index in [-0.39, 0.29) is 11.1 Å². The largest absolute Gasteiger partial charge is 0.478 e. The van der Waals surface area contributed by atoms with Gasteiger partial charge in [-0.25, -0.2) is 4.79 Å². The van der Waals surface area contributed by atoms with Gasteiger partial charge < -0.3 is 10.8 Å². The zero-order valence-electron chi connectivity index (χ0n) is 10.0. The van der Waals surface area contributed by atoms with Gasteiger partial charge in [-0.3, -0.25) is 9.78 Å². The van der Waals surface area contributed by atoms with E-state index < -0.39 is 11.9 Å². The van der Waals surface area contributed by atoms with Crippen LogP contribution in [0.1, 0.15) is 31.8 Å². The van der Waals surface area contributed by atoms with E-state index in [0.717, 1.165) is 5.56 Å². The predicted octanol–water partition coefficient (Wildman–Crippen LogP) is 1.47. The van der Waals surface area contributed by atoms with Gasteiger partial charge in [0, 0.05) is 12.4 Å². The summed E-state index contributed by atoms with van der Waals surface area (Å²) in [6.45, 7) is 0. The summed E-state index contributed by atoms with van der Waals surface area (Å²) >= 11 is 0. The highest BCUT2D eigenvalue weighted by molar-refractivity contribution is 6.05. The molecule has 1 aromatic carbocycles. The zero-order chi connectivity index (χ0) is 13.8. The minimum absolute atomic E-state index is 0.0269. The molecule has 0 saturated carbocycles. The van der Waals surface area contributed by atoms with Crippen LogP contribution in [0.15, 0.2) is 42.7 Å². The van der Waals surface area contributed by atoms with Crippen molar-refractivity contribution < 1.29 is 14.7 Å². The van der Waals surface area contributed by atoms with E-state index in [1.54, 1.807) is 36.7 Å². The highest BCUT2D eigenvalue weighted by Crippen LogP contribution is 2.18. The van der Waals surface area contributed by atoms with Gasteiger partial charge in [-0.1, -0.05) is 12.1 Å². The molecule has 0 aliphatic carbocycles. The number of nitrogens with two attached hydrogens (primary N) is 1. The number of amides is 1. The van der Waals surface area contributed by atoms with E-state index in [0.29, 0.717) is 12.0 Å². The third kappa shape index (κ3) is 2.77. The Balaban J connectivity index is 2.48. The smallest absolute Gasteiger partial charge is 0.336 e. The zero-order valence-corrected chi connectivity index (χ0v) is 10.0. The van der Waals surface area contributed by atoms with Gasteiger partial charge in [-0.2, -0.15) is 0 Å². The molecule has 3 N–H and O–H groups in total. The molecule has 0 aliphatic rings. The first-order valence-electron chi connectivity index (χ1n) is 5.63. The van der Waals surface area contributed by atoms with Gasteiger partial charge >= 0.3 is 5.97 Å². The van der Waals surface area contributed by atoms with Gasteiger partial charge in [0.05, 0.1) is 11.1 Å². The van der Waals surface area contributed by atoms with Crippen LogP contribution in [-0.2, 0) is 6.42 Å². The molecular formula is C14H12N2O3. The molecule has 5 nitrogen and oxygen atoms in total. The minimum Gasteiger partial charge on any atom is -0.478 e. The molecule has 5 heteroatoms. The molecule has 0 radical (unpaired) electrons.